The van der Waals surface area contributed by atoms with Gasteiger partial charge in [-0.25, -0.2) is 0 Å². The van der Waals surface area contributed by atoms with Gasteiger partial charge in [0.1, 0.15) is 0 Å². The van der Waals surface area contributed by atoms with Crippen molar-refractivity contribution in [3.05, 3.63) is 58.1 Å². The van der Waals surface area contributed by atoms with E-state index in [-0.39, 0.29) is 0 Å². The number of hydrogen-bond donors (Lipinski definition) is 1. The van der Waals surface area contributed by atoms with Crippen molar-refractivity contribution < 1.29 is 0 Å². The summed E-state index contributed by atoms with van der Waals surface area (Å²) in [6.45, 7) is 5.69. The molecule has 0 spiro atoms. The highest BCUT2D eigenvalue weighted by molar-refractivity contribution is 7.80. The van der Waals surface area contributed by atoms with Crippen molar-refractivity contribution in [3.63, 3.8) is 0 Å². The van der Waals surface area contributed by atoms with Crippen LogP contribution in [0.1, 0.15) is 5.56 Å². The maximum absolute atomic E-state index is 6.14. The zero-order chi connectivity index (χ0) is 17.1. The number of benzene rings is 2. The van der Waals surface area contributed by atoms with E-state index in [4.69, 9.17) is 35.4 Å². The number of thiocarbonyl (C=S) groups is 1. The number of rotatable bonds is 2. The molecular formula is C18H19Cl2N3S. The first-order valence-corrected chi connectivity index (χ1v) is 9.02. The van der Waals surface area contributed by atoms with Crippen molar-refractivity contribution in [2.45, 2.75) is 6.92 Å². The minimum absolute atomic E-state index is 0.698. The molecule has 126 valence electrons. The van der Waals surface area contributed by atoms with Gasteiger partial charge in [-0.2, -0.15) is 0 Å². The fourth-order valence-corrected chi connectivity index (χ4v) is 3.50. The Balaban J connectivity index is 1.60. The van der Waals surface area contributed by atoms with Crippen LogP contribution in [0.3, 0.4) is 0 Å². The van der Waals surface area contributed by atoms with Gasteiger partial charge in [-0.15, -0.1) is 0 Å². The van der Waals surface area contributed by atoms with Gasteiger partial charge < -0.3 is 15.1 Å². The van der Waals surface area contributed by atoms with Crippen molar-refractivity contribution in [2.24, 2.45) is 0 Å². The molecule has 0 amide bonds. The molecule has 1 aliphatic rings. The van der Waals surface area contributed by atoms with Crippen molar-refractivity contribution in [3.8, 4) is 0 Å². The van der Waals surface area contributed by atoms with E-state index >= 15 is 0 Å². The summed E-state index contributed by atoms with van der Waals surface area (Å²) in [6, 6.07) is 13.6. The Morgan fingerprint density at radius 1 is 1.00 bits per heavy atom. The molecule has 0 unspecified atom stereocenters. The predicted molar refractivity (Wildman–Crippen MR) is 108 cm³/mol. The Hall–Kier alpha value is -1.49. The second-order valence-corrected chi connectivity index (χ2v) is 7.10. The van der Waals surface area contributed by atoms with Crippen molar-refractivity contribution in [1.29, 1.82) is 0 Å². The summed E-state index contributed by atoms with van der Waals surface area (Å²) in [5.74, 6) is 0. The molecule has 2 aromatic carbocycles. The predicted octanol–water partition coefficient (Wildman–Crippen LogP) is 4.82. The van der Waals surface area contributed by atoms with Gasteiger partial charge in [0.25, 0.3) is 0 Å². The van der Waals surface area contributed by atoms with Gasteiger partial charge in [-0.1, -0.05) is 35.3 Å². The first-order valence-electron chi connectivity index (χ1n) is 7.85. The summed E-state index contributed by atoms with van der Waals surface area (Å²) in [6.07, 6.45) is 0. The smallest absolute Gasteiger partial charge is 0.173 e. The number of halogens is 2. The van der Waals surface area contributed by atoms with Crippen LogP contribution in [0, 0.1) is 6.92 Å². The van der Waals surface area contributed by atoms with Gasteiger partial charge >= 0.3 is 0 Å². The molecule has 0 aliphatic carbocycles. The molecule has 0 bridgehead atoms. The number of aryl methyl sites for hydroxylation is 1. The van der Waals surface area contributed by atoms with Crippen molar-refractivity contribution in [2.75, 3.05) is 36.4 Å². The van der Waals surface area contributed by atoms with Crippen molar-refractivity contribution >= 4 is 51.9 Å². The molecule has 3 rings (SSSR count). The highest BCUT2D eigenvalue weighted by atomic mass is 35.5. The first kappa shape index (κ1) is 17.3. The summed E-state index contributed by atoms with van der Waals surface area (Å²) in [7, 11) is 0. The van der Waals surface area contributed by atoms with Crippen LogP contribution in [0.25, 0.3) is 0 Å². The summed E-state index contributed by atoms with van der Waals surface area (Å²) in [5, 5.41) is 5.47. The summed E-state index contributed by atoms with van der Waals surface area (Å²) in [5.41, 5.74) is 3.36. The zero-order valence-electron chi connectivity index (χ0n) is 13.4. The second-order valence-electron chi connectivity index (χ2n) is 5.85. The standard InChI is InChI=1S/C18H19Cl2N3S/c1-13-5-6-15(20)12-17(13)22-7-9-23(10-8-22)18(24)21-16-4-2-3-14(19)11-16/h2-6,11-12H,7-10H2,1H3,(H,21,24). The average molecular weight is 380 g/mol. The summed E-state index contributed by atoms with van der Waals surface area (Å²) >= 11 is 17.7. The Morgan fingerprint density at radius 2 is 1.71 bits per heavy atom. The van der Waals surface area contributed by atoms with E-state index in [2.05, 4.69) is 28.1 Å². The molecule has 1 N–H and O–H groups in total. The number of hydrogen-bond acceptors (Lipinski definition) is 2. The zero-order valence-corrected chi connectivity index (χ0v) is 15.8. The highest BCUT2D eigenvalue weighted by Gasteiger charge is 2.20. The van der Waals surface area contributed by atoms with Crippen LogP contribution in [-0.4, -0.2) is 36.2 Å². The van der Waals surface area contributed by atoms with E-state index in [9.17, 15) is 0 Å². The Kier molecular flexibility index (Phi) is 5.49. The minimum atomic E-state index is 0.698. The first-order chi connectivity index (χ1) is 11.5. The van der Waals surface area contributed by atoms with E-state index in [1.165, 1.54) is 11.3 Å². The molecule has 1 heterocycles. The average Bonchev–Trinajstić information content (AvgIpc) is 2.57. The lowest BCUT2D eigenvalue weighted by Gasteiger charge is -2.38. The maximum atomic E-state index is 6.14. The Morgan fingerprint density at radius 3 is 2.42 bits per heavy atom. The molecule has 2 aromatic rings. The van der Waals surface area contributed by atoms with E-state index in [0.29, 0.717) is 5.02 Å². The molecule has 1 saturated heterocycles. The molecule has 0 aromatic heterocycles. The molecule has 6 heteroatoms. The molecule has 0 radical (unpaired) electrons. The molecule has 0 saturated carbocycles. The quantitative estimate of drug-likeness (QED) is 0.753. The van der Waals surface area contributed by atoms with E-state index in [1.807, 2.05) is 36.4 Å². The monoisotopic (exact) mass is 379 g/mol. The molecule has 0 atom stereocenters. The molecular weight excluding hydrogens is 361 g/mol. The maximum Gasteiger partial charge on any atom is 0.173 e. The molecule has 24 heavy (non-hydrogen) atoms. The third kappa shape index (κ3) is 4.12. The lowest BCUT2D eigenvalue weighted by atomic mass is 10.1. The highest BCUT2D eigenvalue weighted by Crippen LogP contribution is 2.25. The number of nitrogens with one attached hydrogen (secondary N) is 1. The number of anilines is 2. The number of nitrogens with zero attached hydrogens (tertiary/aromatic N) is 2. The van der Waals surface area contributed by atoms with Gasteiger partial charge in [0.2, 0.25) is 0 Å². The third-order valence-corrected chi connectivity index (χ3v) is 4.99. The Bertz CT molecular complexity index is 743. The van der Waals surface area contributed by atoms with Crippen LogP contribution < -0.4 is 10.2 Å². The summed E-state index contributed by atoms with van der Waals surface area (Å²) < 4.78 is 0. The lowest BCUT2D eigenvalue weighted by molar-refractivity contribution is 0.390. The molecule has 1 aliphatic heterocycles. The molecule has 1 fully saturated rings. The third-order valence-electron chi connectivity index (χ3n) is 4.15. The van der Waals surface area contributed by atoms with E-state index < -0.39 is 0 Å². The van der Waals surface area contributed by atoms with Crippen LogP contribution >= 0.6 is 35.4 Å². The fourth-order valence-electron chi connectivity index (χ4n) is 2.84. The van der Waals surface area contributed by atoms with Crippen LogP contribution in [-0.2, 0) is 0 Å². The van der Waals surface area contributed by atoms with Gasteiger partial charge in [0.05, 0.1) is 0 Å². The molecule has 3 nitrogen and oxygen atoms in total. The Labute approximate surface area is 158 Å². The van der Waals surface area contributed by atoms with Crippen LogP contribution in [0.15, 0.2) is 42.5 Å². The van der Waals surface area contributed by atoms with E-state index in [1.54, 1.807) is 0 Å². The van der Waals surface area contributed by atoms with E-state index in [0.717, 1.165) is 42.0 Å². The van der Waals surface area contributed by atoms with Gasteiger partial charge in [-0.05, 0) is 55.0 Å². The van der Waals surface area contributed by atoms with Gasteiger partial charge in [0, 0.05) is 47.6 Å². The fraction of sp³-hybridized carbons (Fsp3) is 0.278. The van der Waals surface area contributed by atoms with Gasteiger partial charge in [-0.3, -0.25) is 0 Å². The van der Waals surface area contributed by atoms with Crippen LogP contribution in [0.4, 0.5) is 11.4 Å². The minimum Gasteiger partial charge on any atom is -0.368 e. The van der Waals surface area contributed by atoms with Crippen molar-refractivity contribution in [1.82, 2.24) is 4.90 Å². The largest absolute Gasteiger partial charge is 0.368 e. The lowest BCUT2D eigenvalue weighted by Crippen LogP contribution is -2.50. The normalized spacial score (nSPS) is 14.6. The van der Waals surface area contributed by atoms with Crippen LogP contribution in [0.2, 0.25) is 10.0 Å². The summed E-state index contributed by atoms with van der Waals surface area (Å²) in [4.78, 5) is 4.55. The van der Waals surface area contributed by atoms with Crippen LogP contribution in [0.5, 0.6) is 0 Å². The van der Waals surface area contributed by atoms with Gasteiger partial charge in [0.15, 0.2) is 5.11 Å². The number of piperazine rings is 1. The second kappa shape index (κ2) is 7.60. The SMILES string of the molecule is Cc1ccc(Cl)cc1N1CCN(C(=S)Nc2cccc(Cl)c2)CC1. The topological polar surface area (TPSA) is 18.5 Å².